The van der Waals surface area contributed by atoms with Gasteiger partial charge in [-0.05, 0) is 36.1 Å². The highest BCUT2D eigenvalue weighted by molar-refractivity contribution is 5.97. The molecule has 1 aromatic heterocycles. The van der Waals surface area contributed by atoms with E-state index in [1.54, 1.807) is 12.1 Å². The Bertz CT molecular complexity index is 954. The fourth-order valence-electron chi connectivity index (χ4n) is 3.08. The summed E-state index contributed by atoms with van der Waals surface area (Å²) in [5.41, 5.74) is 0.823. The summed E-state index contributed by atoms with van der Waals surface area (Å²) >= 11 is 0. The zero-order chi connectivity index (χ0) is 24.2. The molecule has 9 nitrogen and oxygen atoms in total. The van der Waals surface area contributed by atoms with Gasteiger partial charge in [0.25, 0.3) is 0 Å². The summed E-state index contributed by atoms with van der Waals surface area (Å²) in [7, 11) is 0. The van der Waals surface area contributed by atoms with Crippen LogP contribution in [0.4, 0.5) is 0 Å². The number of carboxylic acids is 1. The van der Waals surface area contributed by atoms with E-state index < -0.39 is 42.3 Å². The lowest BCUT2D eigenvalue weighted by Crippen LogP contribution is -2.55. The van der Waals surface area contributed by atoms with Crippen LogP contribution in [-0.4, -0.2) is 47.4 Å². The van der Waals surface area contributed by atoms with Gasteiger partial charge in [-0.1, -0.05) is 44.2 Å². The van der Waals surface area contributed by atoms with Gasteiger partial charge in [0.2, 0.25) is 17.7 Å². The van der Waals surface area contributed by atoms with Gasteiger partial charge >= 0.3 is 5.97 Å². The molecule has 0 saturated carbocycles. The van der Waals surface area contributed by atoms with Gasteiger partial charge in [-0.2, -0.15) is 0 Å². The first-order valence-electron chi connectivity index (χ1n) is 10.6. The van der Waals surface area contributed by atoms with E-state index in [2.05, 4.69) is 16.0 Å². The molecular weight excluding hydrogens is 426 g/mol. The highest BCUT2D eigenvalue weighted by atomic mass is 16.4. The average molecular weight is 456 g/mol. The lowest BCUT2D eigenvalue weighted by Gasteiger charge is -2.24. The van der Waals surface area contributed by atoms with E-state index >= 15 is 0 Å². The Balaban J connectivity index is 2.14. The van der Waals surface area contributed by atoms with Gasteiger partial charge in [0.05, 0.1) is 6.26 Å². The molecule has 0 fully saturated rings. The summed E-state index contributed by atoms with van der Waals surface area (Å²) in [5, 5.41) is 16.4. The van der Waals surface area contributed by atoms with Gasteiger partial charge in [-0.3, -0.25) is 19.2 Å². The molecule has 0 aliphatic carbocycles. The first-order chi connectivity index (χ1) is 15.7. The van der Waals surface area contributed by atoms with Crippen molar-refractivity contribution in [3.8, 4) is 0 Å². The number of carboxylic acid groups (broad SMARTS) is 1. The maximum atomic E-state index is 13.1. The minimum Gasteiger partial charge on any atom is -0.480 e. The number of hydrogen-bond donors (Lipinski definition) is 4. The van der Waals surface area contributed by atoms with E-state index in [1.165, 1.54) is 18.4 Å². The summed E-state index contributed by atoms with van der Waals surface area (Å²) in [6.07, 6.45) is 4.73. The van der Waals surface area contributed by atoms with Crippen molar-refractivity contribution in [1.82, 2.24) is 16.0 Å². The van der Waals surface area contributed by atoms with Crippen LogP contribution in [0.1, 0.15) is 31.6 Å². The van der Waals surface area contributed by atoms with E-state index in [9.17, 15) is 19.2 Å². The first kappa shape index (κ1) is 25.4. The Morgan fingerprint density at radius 2 is 1.70 bits per heavy atom. The number of nitrogens with one attached hydrogen (secondary N) is 3. The van der Waals surface area contributed by atoms with Gasteiger partial charge in [0.1, 0.15) is 24.4 Å². The van der Waals surface area contributed by atoms with Crippen molar-refractivity contribution in [3.63, 3.8) is 0 Å². The number of carbonyl (C=O) groups excluding carboxylic acids is 3. The Hall–Kier alpha value is -3.88. The molecule has 33 heavy (non-hydrogen) atoms. The maximum Gasteiger partial charge on any atom is 0.322 e. The average Bonchev–Trinajstić information content (AvgIpc) is 3.29. The molecule has 176 valence electrons. The summed E-state index contributed by atoms with van der Waals surface area (Å²) in [5.74, 6) is -2.28. The van der Waals surface area contributed by atoms with Crippen molar-refractivity contribution in [2.24, 2.45) is 5.92 Å². The summed E-state index contributed by atoms with van der Waals surface area (Å²) < 4.78 is 5.16. The van der Waals surface area contributed by atoms with E-state index in [0.29, 0.717) is 12.2 Å². The summed E-state index contributed by atoms with van der Waals surface area (Å²) in [4.78, 5) is 48.8. The number of carbonyl (C=O) groups is 4. The smallest absolute Gasteiger partial charge is 0.322 e. The molecule has 2 aromatic rings. The van der Waals surface area contributed by atoms with Crippen molar-refractivity contribution >= 4 is 29.8 Å². The molecule has 1 heterocycles. The molecule has 0 unspecified atom stereocenters. The number of rotatable bonds is 12. The number of hydrogen-bond acceptors (Lipinski definition) is 5. The fourth-order valence-corrected chi connectivity index (χ4v) is 3.08. The standard InChI is InChI=1S/C24H29N3O6/c1-16(2)13-19(23(31)25-15-22(29)30)27-24(32)20(14-17-7-4-3-5-8-17)26-21(28)11-10-18-9-6-12-33-18/h3-12,16,19-20H,13-15H2,1-2H3,(H,25,31)(H,26,28)(H,27,32)(H,29,30)/t19-,20-/m0/s1. The highest BCUT2D eigenvalue weighted by Gasteiger charge is 2.27. The lowest BCUT2D eigenvalue weighted by molar-refractivity contribution is -0.138. The van der Waals surface area contributed by atoms with Crippen molar-refractivity contribution < 1.29 is 28.7 Å². The number of benzene rings is 1. The lowest BCUT2D eigenvalue weighted by atomic mass is 10.0. The molecule has 4 N–H and O–H groups in total. The molecule has 0 spiro atoms. The molecule has 0 bridgehead atoms. The Morgan fingerprint density at radius 1 is 0.970 bits per heavy atom. The van der Waals surface area contributed by atoms with Crippen molar-refractivity contribution in [1.29, 1.82) is 0 Å². The molecule has 0 radical (unpaired) electrons. The predicted octanol–water partition coefficient (Wildman–Crippen LogP) is 1.75. The van der Waals surface area contributed by atoms with E-state index in [-0.39, 0.29) is 12.3 Å². The number of amides is 3. The van der Waals surface area contributed by atoms with Crippen LogP contribution in [0.3, 0.4) is 0 Å². The highest BCUT2D eigenvalue weighted by Crippen LogP contribution is 2.08. The van der Waals surface area contributed by atoms with Crippen LogP contribution >= 0.6 is 0 Å². The third-order valence-electron chi connectivity index (χ3n) is 4.61. The number of aliphatic carboxylic acids is 1. The molecule has 2 atom stereocenters. The van der Waals surface area contributed by atoms with E-state index in [4.69, 9.17) is 9.52 Å². The van der Waals surface area contributed by atoms with Gasteiger partial charge < -0.3 is 25.5 Å². The van der Waals surface area contributed by atoms with Crippen molar-refractivity contribution in [3.05, 3.63) is 66.1 Å². The second kappa shape index (κ2) is 12.8. The van der Waals surface area contributed by atoms with Gasteiger partial charge in [0.15, 0.2) is 0 Å². The third-order valence-corrected chi connectivity index (χ3v) is 4.61. The first-order valence-corrected chi connectivity index (χ1v) is 10.6. The van der Waals surface area contributed by atoms with Crippen LogP contribution in [-0.2, 0) is 25.6 Å². The second-order valence-corrected chi connectivity index (χ2v) is 7.90. The van der Waals surface area contributed by atoms with Crippen LogP contribution in [0.2, 0.25) is 0 Å². The van der Waals surface area contributed by atoms with Crippen LogP contribution in [0.5, 0.6) is 0 Å². The zero-order valence-corrected chi connectivity index (χ0v) is 18.6. The minimum absolute atomic E-state index is 0.0595. The van der Waals surface area contributed by atoms with E-state index in [0.717, 1.165) is 5.56 Å². The quantitative estimate of drug-likeness (QED) is 0.360. The predicted molar refractivity (Wildman–Crippen MR) is 122 cm³/mol. The maximum absolute atomic E-state index is 13.1. The largest absolute Gasteiger partial charge is 0.480 e. The van der Waals surface area contributed by atoms with Gasteiger partial charge in [-0.15, -0.1) is 0 Å². The van der Waals surface area contributed by atoms with Crippen LogP contribution < -0.4 is 16.0 Å². The van der Waals surface area contributed by atoms with Gasteiger partial charge in [0, 0.05) is 12.5 Å². The Kier molecular flexibility index (Phi) is 9.88. The number of furan rings is 1. The van der Waals surface area contributed by atoms with Crippen molar-refractivity contribution in [2.75, 3.05) is 6.54 Å². The second-order valence-electron chi connectivity index (χ2n) is 7.90. The van der Waals surface area contributed by atoms with Gasteiger partial charge in [-0.25, -0.2) is 0 Å². The third kappa shape index (κ3) is 9.42. The monoisotopic (exact) mass is 455 g/mol. The Morgan fingerprint density at radius 3 is 2.30 bits per heavy atom. The van der Waals surface area contributed by atoms with Crippen LogP contribution in [0, 0.1) is 5.92 Å². The van der Waals surface area contributed by atoms with Crippen molar-refractivity contribution in [2.45, 2.75) is 38.8 Å². The molecule has 0 saturated heterocycles. The molecule has 0 aliphatic rings. The summed E-state index contributed by atoms with van der Waals surface area (Å²) in [6, 6.07) is 10.6. The van der Waals surface area contributed by atoms with Crippen LogP contribution in [0.15, 0.2) is 59.2 Å². The molecule has 1 aromatic carbocycles. The molecule has 2 rings (SSSR count). The molecule has 9 heteroatoms. The minimum atomic E-state index is -1.18. The molecular formula is C24H29N3O6. The SMILES string of the molecule is CC(C)C[C@H](NC(=O)[C@H](Cc1ccccc1)NC(=O)C=Cc1ccco1)C(=O)NCC(=O)O. The fraction of sp³-hybridized carbons (Fsp3) is 0.333. The van der Waals surface area contributed by atoms with E-state index in [1.807, 2.05) is 44.2 Å². The van der Waals surface area contributed by atoms with Crippen LogP contribution in [0.25, 0.3) is 6.08 Å². The molecule has 0 aliphatic heterocycles. The zero-order valence-electron chi connectivity index (χ0n) is 18.6. The topological polar surface area (TPSA) is 138 Å². The molecule has 3 amide bonds. The Labute approximate surface area is 192 Å². The summed E-state index contributed by atoms with van der Waals surface area (Å²) in [6.45, 7) is 3.21. The normalized spacial score (nSPS) is 12.8.